The van der Waals surface area contributed by atoms with Crippen LogP contribution >= 0.6 is 0 Å². The zero-order chi connectivity index (χ0) is 0. The van der Waals surface area contributed by atoms with Gasteiger partial charge in [0.15, 0.2) is 17.4 Å². The van der Waals surface area contributed by atoms with Crippen molar-refractivity contribution < 1.29 is 19.5 Å². The molecule has 0 rings (SSSR count). The van der Waals surface area contributed by atoms with E-state index in [1.165, 1.54) is 0 Å². The molecule has 0 aromatic carbocycles. The van der Waals surface area contributed by atoms with Gasteiger partial charge in [-0.15, -0.1) is 0 Å². The van der Waals surface area contributed by atoms with E-state index in [0.717, 1.165) is 0 Å². The first kappa shape index (κ1) is 68.3. The number of rotatable bonds is 0. The summed E-state index contributed by atoms with van der Waals surface area (Å²) in [5.74, 6) is 0. The third-order valence-corrected chi connectivity index (χ3v) is 0. The second kappa shape index (κ2) is 50.3. The molecular weight excluding hydrogens is 675 g/mol. The van der Waals surface area contributed by atoms with Crippen molar-refractivity contribution in [2.24, 2.45) is 0 Å². The molecule has 7 heavy (non-hydrogen) atoms. The Bertz CT molecular complexity index is 19.7. The summed E-state index contributed by atoms with van der Waals surface area (Å²) in [4.78, 5) is 0. The van der Waals surface area contributed by atoms with E-state index in [4.69, 9.17) is 0 Å². The molecule has 0 saturated carbocycles. The molecule has 0 saturated heterocycles. The van der Waals surface area contributed by atoms with E-state index >= 15 is 0 Å². The SMILES string of the molecule is [AlH3].[B].[BiH3].[PbH2].[SiH4].[TeH2].[Zn]. The second-order valence-corrected chi connectivity index (χ2v) is 0. The van der Waals surface area contributed by atoms with Crippen LogP contribution in [-0.2, 0) is 19.5 Å². The Balaban J connectivity index is 0. The summed E-state index contributed by atoms with van der Waals surface area (Å²) in [6.07, 6.45) is 0. The first-order valence-corrected chi connectivity index (χ1v) is 0. The van der Waals surface area contributed by atoms with Gasteiger partial charge in [0, 0.05) is 27.9 Å². The molecule has 0 unspecified atom stereocenters. The average molecular weight is 689 g/mol. The summed E-state index contributed by atoms with van der Waals surface area (Å²) in [6.45, 7) is 0. The van der Waals surface area contributed by atoms with Crippen LogP contribution in [0.15, 0.2) is 0 Å². The van der Waals surface area contributed by atoms with Crippen LogP contribution in [0.25, 0.3) is 0 Å². The molecule has 0 heterocycles. The molecule has 0 amide bonds. The molecule has 0 aliphatic heterocycles. The van der Waals surface area contributed by atoms with Crippen molar-refractivity contribution in [1.82, 2.24) is 0 Å². The minimum Gasteiger partial charge on any atom is 0 e. The zero-order valence-electron chi connectivity index (χ0n) is 3.20. The van der Waals surface area contributed by atoms with Gasteiger partial charge in [-0.1, -0.05) is 0 Å². The zero-order valence-corrected chi connectivity index (χ0v) is 20.0. The van der Waals surface area contributed by atoms with Crippen molar-refractivity contribution in [2.75, 3.05) is 0 Å². The first-order valence-electron chi connectivity index (χ1n) is 0. The van der Waals surface area contributed by atoms with Gasteiger partial charge in [-0.25, -0.2) is 0 Å². The predicted molar refractivity (Wildman–Crippen MR) is 54.1 cm³/mol. The molecule has 0 atom stereocenters. The Morgan fingerprint density at radius 2 is 1.00 bits per heavy atom. The molecule has 7 heteroatoms. The van der Waals surface area contributed by atoms with E-state index in [9.17, 15) is 0 Å². The van der Waals surface area contributed by atoms with E-state index in [1.54, 1.807) is 0 Å². The van der Waals surface area contributed by atoms with Crippen LogP contribution < -0.4 is 0 Å². The Kier molecular flexibility index (Phi) is 491. The number of hydrogen-bond acceptors (Lipinski definition) is 0. The molecule has 0 fully saturated rings. The summed E-state index contributed by atoms with van der Waals surface area (Å²) in [5.41, 5.74) is 0. The van der Waals surface area contributed by atoms with Crippen LogP contribution in [0.1, 0.15) is 0 Å². The fourth-order valence-electron chi connectivity index (χ4n) is 0. The van der Waals surface area contributed by atoms with Gasteiger partial charge >= 0.3 is 77.2 Å². The summed E-state index contributed by atoms with van der Waals surface area (Å²) in [6, 6.07) is 0. The van der Waals surface area contributed by atoms with Gasteiger partial charge in [0.1, 0.15) is 0 Å². The summed E-state index contributed by atoms with van der Waals surface area (Å²) >= 11 is 0. The van der Waals surface area contributed by atoms with E-state index < -0.39 is 0 Å². The maximum atomic E-state index is 0. The maximum Gasteiger partial charge on any atom is 0 e. The van der Waals surface area contributed by atoms with Crippen LogP contribution in [0.3, 0.4) is 0 Å². The quantitative estimate of drug-likeness (QED) is 0.223. The number of hydrogen-bond donors (Lipinski definition) is 0. The molecule has 0 spiro atoms. The van der Waals surface area contributed by atoms with Gasteiger partial charge in [-0.2, -0.15) is 0 Å². The van der Waals surface area contributed by atoms with Crippen LogP contribution in [-0.4, -0.2) is 114 Å². The molecule has 5 radical (unpaired) electrons. The second-order valence-electron chi connectivity index (χ2n) is 0. The molecule has 0 nitrogen and oxygen atoms in total. The summed E-state index contributed by atoms with van der Waals surface area (Å²) in [7, 11) is 0. The van der Waals surface area contributed by atoms with Crippen molar-refractivity contribution in [3.63, 3.8) is 0 Å². The minimum atomic E-state index is 0. The molecule has 0 aliphatic rings. The average Bonchev–Trinajstić information content (AvgIpc) is 0. The van der Waals surface area contributed by atoms with Gasteiger partial charge in [-0.05, 0) is 11.0 Å². The molecule has 0 bridgehead atoms. The molecule has 41 valence electrons. The van der Waals surface area contributed by atoms with Crippen LogP contribution in [0, 0.1) is 0 Å². The maximum absolute atomic E-state index is 0. The van der Waals surface area contributed by atoms with Crippen molar-refractivity contribution in [3.05, 3.63) is 0 Å². The van der Waals surface area contributed by atoms with Gasteiger partial charge in [0.25, 0.3) is 0 Å². The van der Waals surface area contributed by atoms with Gasteiger partial charge in [0.2, 0.25) is 0 Å². The standard InChI is InChI=1S/Al.B.Bi.Pb.H4Si.H2Te.Zn.8H/h;;;;1H4;1H2;;;;;;;;;. The molecule has 0 aromatic heterocycles. The Morgan fingerprint density at radius 3 is 1.00 bits per heavy atom. The predicted octanol–water partition coefficient (Wildman–Crippen LogP) is -6.04. The van der Waals surface area contributed by atoms with Gasteiger partial charge in [-0.3, -0.25) is 0 Å². The molecule has 0 N–H and O–H groups in total. The molecular formula is H14AlBBiPbSiTeZn. The van der Waals surface area contributed by atoms with Gasteiger partial charge < -0.3 is 0 Å². The van der Waals surface area contributed by atoms with Gasteiger partial charge in [0.05, 0.1) is 0 Å². The third-order valence-electron chi connectivity index (χ3n) is 0. The topological polar surface area (TPSA) is 0 Å². The smallest absolute Gasteiger partial charge is 0 e. The normalized spacial score (nSPS) is 0. The van der Waals surface area contributed by atoms with Crippen molar-refractivity contribution in [1.29, 1.82) is 0 Å². The van der Waals surface area contributed by atoms with Crippen LogP contribution in [0.5, 0.6) is 0 Å². The van der Waals surface area contributed by atoms with E-state index in [1.807, 2.05) is 0 Å². The van der Waals surface area contributed by atoms with Crippen LogP contribution in [0.2, 0.25) is 0 Å². The third kappa shape index (κ3) is 39.8. The first-order chi connectivity index (χ1) is 0. The van der Waals surface area contributed by atoms with E-state index in [0.29, 0.717) is 0 Å². The minimum absolute atomic E-state index is 0. The van der Waals surface area contributed by atoms with Crippen molar-refractivity contribution in [3.8, 4) is 0 Å². The molecule has 0 aromatic rings. The van der Waals surface area contributed by atoms with E-state index in [2.05, 4.69) is 0 Å². The fourth-order valence-corrected chi connectivity index (χ4v) is 0. The summed E-state index contributed by atoms with van der Waals surface area (Å²) in [5, 5.41) is 0. The van der Waals surface area contributed by atoms with Crippen molar-refractivity contribution >= 4 is 114 Å². The molecule has 0 aliphatic carbocycles. The fraction of sp³-hybridized carbons (Fsp3) is 0. The van der Waals surface area contributed by atoms with Crippen molar-refractivity contribution in [2.45, 2.75) is 0 Å². The van der Waals surface area contributed by atoms with Crippen LogP contribution in [0.4, 0.5) is 0 Å². The Labute approximate surface area is 131 Å². The Hall–Kier alpha value is 4.03. The largest absolute Gasteiger partial charge is 0 e. The Morgan fingerprint density at radius 1 is 1.00 bits per heavy atom. The van der Waals surface area contributed by atoms with E-state index in [-0.39, 0.29) is 133 Å². The monoisotopic (exact) mass is 691 g/mol. The summed E-state index contributed by atoms with van der Waals surface area (Å²) < 4.78 is 0.